The van der Waals surface area contributed by atoms with E-state index in [9.17, 15) is 8.42 Å². The summed E-state index contributed by atoms with van der Waals surface area (Å²) in [7, 11) is -3.06. The van der Waals surface area contributed by atoms with E-state index in [4.69, 9.17) is 0 Å². The Labute approximate surface area is 80.3 Å². The van der Waals surface area contributed by atoms with Gasteiger partial charge in [0, 0.05) is 1.43 Å². The molecule has 0 saturated carbocycles. The third-order valence-corrected chi connectivity index (χ3v) is 2.85. The molecule has 1 heterocycles. The van der Waals surface area contributed by atoms with Gasteiger partial charge in [0.15, 0.2) is 0 Å². The number of hydrogen-bond acceptors (Lipinski definition) is 2. The van der Waals surface area contributed by atoms with Gasteiger partial charge in [-0.3, -0.25) is 4.72 Å². The van der Waals surface area contributed by atoms with Crippen molar-refractivity contribution in [1.82, 2.24) is 0 Å². The summed E-state index contributed by atoms with van der Waals surface area (Å²) >= 11 is 0. The molecule has 0 unspecified atom stereocenters. The predicted molar refractivity (Wildman–Crippen MR) is 56.2 cm³/mol. The molecule has 3 nitrogen and oxygen atoms in total. The summed E-state index contributed by atoms with van der Waals surface area (Å²) in [5.74, 6) is 0.114. The average molecular weight is 201 g/mol. The van der Waals surface area contributed by atoms with Crippen molar-refractivity contribution in [2.45, 2.75) is 19.6 Å². The minimum atomic E-state index is -3.06. The van der Waals surface area contributed by atoms with Crippen molar-refractivity contribution in [3.8, 4) is 0 Å². The molecule has 0 atom stereocenters. The van der Waals surface area contributed by atoms with E-state index in [0.717, 1.165) is 5.56 Å². The van der Waals surface area contributed by atoms with E-state index in [1.165, 1.54) is 0 Å². The van der Waals surface area contributed by atoms with Crippen LogP contribution in [0.1, 0.15) is 20.8 Å². The molecule has 1 N–H and O–H groups in total. The molecule has 1 aromatic rings. The maximum absolute atomic E-state index is 11.0. The van der Waals surface area contributed by atoms with Gasteiger partial charge >= 0.3 is 0 Å². The van der Waals surface area contributed by atoms with Gasteiger partial charge in [0.1, 0.15) is 0 Å². The topological polar surface area (TPSA) is 46.2 Å². The second-order valence-corrected chi connectivity index (χ2v) is 4.24. The highest BCUT2D eigenvalue weighted by Gasteiger charge is 2.21. The number of nitrogens with one attached hydrogen (secondary N) is 1. The smallest absolute Gasteiger partial charge is 0.237 e. The first-order valence-electron chi connectivity index (χ1n) is 4.26. The molecule has 2 rings (SSSR count). The first-order chi connectivity index (χ1) is 6.17. The largest absolute Gasteiger partial charge is 0.283 e. The second-order valence-electron chi connectivity index (χ2n) is 2.52. The van der Waals surface area contributed by atoms with Crippen LogP contribution in [0.25, 0.3) is 0 Å². The highest BCUT2D eigenvalue weighted by molar-refractivity contribution is 7.92. The van der Waals surface area contributed by atoms with Crippen LogP contribution in [0.2, 0.25) is 0 Å². The highest BCUT2D eigenvalue weighted by atomic mass is 32.2. The van der Waals surface area contributed by atoms with Gasteiger partial charge in [0.2, 0.25) is 10.0 Å². The van der Waals surface area contributed by atoms with Crippen LogP contribution in [-0.4, -0.2) is 8.42 Å². The molecule has 1 aromatic carbocycles. The third kappa shape index (κ3) is 2.21. The van der Waals surface area contributed by atoms with Crippen molar-refractivity contribution < 1.29 is 9.84 Å². The molecule has 0 saturated heterocycles. The zero-order chi connectivity index (χ0) is 9.90. The first-order valence-corrected chi connectivity index (χ1v) is 5.91. The quantitative estimate of drug-likeness (QED) is 0.699. The van der Waals surface area contributed by atoms with E-state index in [1.54, 1.807) is 6.07 Å². The fourth-order valence-corrected chi connectivity index (χ4v) is 2.42. The van der Waals surface area contributed by atoms with Crippen molar-refractivity contribution in [3.05, 3.63) is 29.8 Å². The number of rotatable bonds is 0. The van der Waals surface area contributed by atoms with Crippen molar-refractivity contribution in [2.24, 2.45) is 0 Å². The summed E-state index contributed by atoms with van der Waals surface area (Å²) in [5, 5.41) is 0. The molecular formula is C9H15NO2S. The fraction of sp³-hybridized carbons (Fsp3) is 0.333. The van der Waals surface area contributed by atoms with Crippen LogP contribution < -0.4 is 4.72 Å². The molecule has 0 aromatic heterocycles. The minimum Gasteiger partial charge on any atom is -0.283 e. The normalized spacial score (nSPS) is 16.5. The Morgan fingerprint density at radius 1 is 1.31 bits per heavy atom. The Balaban J connectivity index is 0.000000531. The van der Waals surface area contributed by atoms with Gasteiger partial charge < -0.3 is 0 Å². The number of benzene rings is 1. The average Bonchev–Trinajstić information content (AvgIpc) is 2.41. The Bertz CT molecular complexity index is 359. The Hall–Kier alpha value is -1.03. The predicted octanol–water partition coefficient (Wildman–Crippen LogP) is 2.21. The van der Waals surface area contributed by atoms with Crippen LogP contribution in [0.4, 0.5) is 5.69 Å². The van der Waals surface area contributed by atoms with E-state index < -0.39 is 10.0 Å². The van der Waals surface area contributed by atoms with Crippen LogP contribution in [0, 0.1) is 0 Å². The Kier molecular flexibility index (Phi) is 2.93. The van der Waals surface area contributed by atoms with Gasteiger partial charge in [-0.2, -0.15) is 0 Å². The fourth-order valence-electron chi connectivity index (χ4n) is 1.15. The summed E-state index contributed by atoms with van der Waals surface area (Å²) in [6.45, 7) is 4.00. The van der Waals surface area contributed by atoms with Gasteiger partial charge in [-0.25, -0.2) is 8.42 Å². The lowest BCUT2D eigenvalue weighted by atomic mass is 10.2. The lowest BCUT2D eigenvalue weighted by molar-refractivity contribution is 0.602. The zero-order valence-corrected chi connectivity index (χ0v) is 8.56. The summed E-state index contributed by atoms with van der Waals surface area (Å²) in [6.07, 6.45) is 0. The van der Waals surface area contributed by atoms with E-state index in [-0.39, 0.29) is 7.18 Å². The molecule has 0 bridgehead atoms. The lowest BCUT2D eigenvalue weighted by Gasteiger charge is -1.93. The second kappa shape index (κ2) is 3.79. The summed E-state index contributed by atoms with van der Waals surface area (Å²) in [6, 6.07) is 7.22. The molecule has 0 spiro atoms. The van der Waals surface area contributed by atoms with E-state index in [0.29, 0.717) is 5.69 Å². The number of sulfonamides is 1. The lowest BCUT2D eigenvalue weighted by Crippen LogP contribution is -2.05. The SMILES string of the molecule is CC.O=S1(=O)Cc2ccccc2N1.[HH]. The van der Waals surface area contributed by atoms with Crippen LogP contribution in [0.15, 0.2) is 24.3 Å². The van der Waals surface area contributed by atoms with Gasteiger partial charge in [0.25, 0.3) is 0 Å². The van der Waals surface area contributed by atoms with E-state index in [2.05, 4.69) is 4.72 Å². The monoisotopic (exact) mass is 201 g/mol. The molecule has 0 fully saturated rings. The minimum absolute atomic E-state index is 0. The van der Waals surface area contributed by atoms with E-state index >= 15 is 0 Å². The van der Waals surface area contributed by atoms with Crippen molar-refractivity contribution in [3.63, 3.8) is 0 Å². The number of para-hydroxylation sites is 1. The summed E-state index contributed by atoms with van der Waals surface area (Å²) < 4.78 is 24.4. The number of fused-ring (bicyclic) bond motifs is 1. The van der Waals surface area contributed by atoms with Gasteiger partial charge in [-0.1, -0.05) is 32.0 Å². The first kappa shape index (κ1) is 10.1. The van der Waals surface area contributed by atoms with Crippen LogP contribution >= 0.6 is 0 Å². The van der Waals surface area contributed by atoms with Gasteiger partial charge in [-0.15, -0.1) is 0 Å². The molecule has 0 radical (unpaired) electrons. The number of anilines is 1. The number of hydrogen-bond donors (Lipinski definition) is 1. The standard InChI is InChI=1S/C7H7NO2S.C2H6.H2/c9-11(10)5-6-3-1-2-4-7(6)8-11;1-2;/h1-4,8H,5H2;1-2H3;1H. The van der Waals surface area contributed by atoms with Crippen molar-refractivity contribution >= 4 is 15.7 Å². The molecular weight excluding hydrogens is 186 g/mol. The van der Waals surface area contributed by atoms with Crippen LogP contribution in [0.5, 0.6) is 0 Å². The zero-order valence-electron chi connectivity index (χ0n) is 7.74. The molecule has 1 aliphatic rings. The van der Waals surface area contributed by atoms with Crippen molar-refractivity contribution in [1.29, 1.82) is 0 Å². The molecule has 74 valence electrons. The van der Waals surface area contributed by atoms with Crippen LogP contribution in [-0.2, 0) is 15.8 Å². The third-order valence-electron chi connectivity index (χ3n) is 1.63. The van der Waals surface area contributed by atoms with Gasteiger partial charge in [-0.05, 0) is 11.6 Å². The van der Waals surface area contributed by atoms with Crippen molar-refractivity contribution in [2.75, 3.05) is 4.72 Å². The van der Waals surface area contributed by atoms with E-state index in [1.807, 2.05) is 32.0 Å². The maximum Gasteiger partial charge on any atom is 0.237 e. The van der Waals surface area contributed by atoms with Crippen LogP contribution in [0.3, 0.4) is 0 Å². The summed E-state index contributed by atoms with van der Waals surface area (Å²) in [4.78, 5) is 0. The molecule has 1 aliphatic heterocycles. The van der Waals surface area contributed by atoms with Gasteiger partial charge in [0.05, 0.1) is 11.4 Å². The maximum atomic E-state index is 11.0. The highest BCUT2D eigenvalue weighted by Crippen LogP contribution is 2.25. The Morgan fingerprint density at radius 2 is 1.92 bits per heavy atom. The molecule has 13 heavy (non-hydrogen) atoms. The summed E-state index contributed by atoms with van der Waals surface area (Å²) in [5.41, 5.74) is 1.57. The molecule has 0 aliphatic carbocycles. The Morgan fingerprint density at radius 3 is 2.54 bits per heavy atom. The molecule has 4 heteroatoms. The molecule has 0 amide bonds.